The summed E-state index contributed by atoms with van der Waals surface area (Å²) in [5, 5.41) is 3.01. The minimum Gasteiger partial charge on any atom is -0.351 e. The number of carbonyl (C=O) groups excluding carboxylic acids is 1. The molecule has 3 rings (SSSR count). The van der Waals surface area contributed by atoms with E-state index >= 15 is 0 Å². The Balaban J connectivity index is 1.97. The van der Waals surface area contributed by atoms with E-state index in [1.807, 2.05) is 36.4 Å². The van der Waals surface area contributed by atoms with E-state index in [9.17, 15) is 4.79 Å². The summed E-state index contributed by atoms with van der Waals surface area (Å²) in [6.45, 7) is 0.706. The van der Waals surface area contributed by atoms with Gasteiger partial charge >= 0.3 is 0 Å². The molecule has 1 aliphatic heterocycles. The summed E-state index contributed by atoms with van der Waals surface area (Å²) in [6, 6.07) is 18.2. The van der Waals surface area contributed by atoms with Gasteiger partial charge in [0.2, 0.25) is 0 Å². The van der Waals surface area contributed by atoms with Crippen molar-refractivity contribution < 1.29 is 4.79 Å². The third-order valence-corrected chi connectivity index (χ3v) is 3.51. The summed E-state index contributed by atoms with van der Waals surface area (Å²) in [6.07, 6.45) is 0.916. The number of hydrogen-bond donors (Lipinski definition) is 1. The van der Waals surface area contributed by atoms with E-state index in [2.05, 4.69) is 23.5 Å². The predicted molar refractivity (Wildman–Crippen MR) is 71.7 cm³/mol. The maximum absolute atomic E-state index is 12.0. The standard InChI is InChI=1S/C16H15NO/c18-16-15-9-5-4-8-13(15)10-14(11-17-16)12-6-2-1-3-7-12/h1-9,14H,10-11H2,(H,17,18). The van der Waals surface area contributed by atoms with Gasteiger partial charge in [-0.05, 0) is 23.6 Å². The number of amides is 1. The maximum atomic E-state index is 12.0. The van der Waals surface area contributed by atoms with Gasteiger partial charge in [0.25, 0.3) is 5.91 Å². The molecule has 0 bridgehead atoms. The van der Waals surface area contributed by atoms with E-state index < -0.39 is 0 Å². The van der Waals surface area contributed by atoms with Crippen molar-refractivity contribution in [1.29, 1.82) is 0 Å². The average molecular weight is 237 g/mol. The number of rotatable bonds is 1. The summed E-state index contributed by atoms with van der Waals surface area (Å²) in [5.41, 5.74) is 3.24. The van der Waals surface area contributed by atoms with Crippen molar-refractivity contribution in [3.05, 3.63) is 71.3 Å². The molecule has 1 N–H and O–H groups in total. The van der Waals surface area contributed by atoms with E-state index in [0.29, 0.717) is 12.5 Å². The van der Waals surface area contributed by atoms with Gasteiger partial charge in [-0.1, -0.05) is 48.5 Å². The topological polar surface area (TPSA) is 29.1 Å². The molecule has 2 nitrogen and oxygen atoms in total. The normalized spacial score (nSPS) is 18.7. The van der Waals surface area contributed by atoms with E-state index in [4.69, 9.17) is 0 Å². The zero-order valence-electron chi connectivity index (χ0n) is 10.1. The van der Waals surface area contributed by atoms with E-state index in [1.54, 1.807) is 0 Å². The predicted octanol–water partition coefficient (Wildman–Crippen LogP) is 2.76. The molecular formula is C16H15NO. The summed E-state index contributed by atoms with van der Waals surface area (Å²) >= 11 is 0. The molecule has 1 atom stereocenters. The maximum Gasteiger partial charge on any atom is 0.251 e. The van der Waals surface area contributed by atoms with Crippen LogP contribution in [-0.4, -0.2) is 12.5 Å². The number of carbonyl (C=O) groups is 1. The number of benzene rings is 2. The summed E-state index contributed by atoms with van der Waals surface area (Å²) in [4.78, 5) is 12.0. The SMILES string of the molecule is O=C1NCC(c2ccccc2)Cc2ccccc21. The molecule has 0 saturated carbocycles. The van der Waals surface area contributed by atoms with Gasteiger partial charge in [-0.3, -0.25) is 4.79 Å². The molecule has 0 radical (unpaired) electrons. The monoisotopic (exact) mass is 237 g/mol. The third kappa shape index (κ3) is 2.02. The molecule has 2 aromatic carbocycles. The molecule has 90 valence electrons. The van der Waals surface area contributed by atoms with Crippen LogP contribution >= 0.6 is 0 Å². The molecule has 2 aromatic rings. The van der Waals surface area contributed by atoms with Gasteiger partial charge in [-0.15, -0.1) is 0 Å². The third-order valence-electron chi connectivity index (χ3n) is 3.51. The first-order valence-corrected chi connectivity index (χ1v) is 6.25. The van der Waals surface area contributed by atoms with Crippen LogP contribution < -0.4 is 5.32 Å². The molecule has 0 spiro atoms. The Morgan fingerprint density at radius 3 is 2.50 bits per heavy atom. The van der Waals surface area contributed by atoms with Crippen LogP contribution in [0.4, 0.5) is 0 Å². The molecule has 1 unspecified atom stereocenters. The van der Waals surface area contributed by atoms with Gasteiger partial charge in [-0.25, -0.2) is 0 Å². The Bertz CT molecular complexity index is 562. The number of fused-ring (bicyclic) bond motifs is 1. The van der Waals surface area contributed by atoms with Crippen molar-refractivity contribution in [2.75, 3.05) is 6.54 Å². The van der Waals surface area contributed by atoms with Crippen molar-refractivity contribution in [2.45, 2.75) is 12.3 Å². The zero-order chi connectivity index (χ0) is 12.4. The summed E-state index contributed by atoms with van der Waals surface area (Å²) in [7, 11) is 0. The molecule has 0 saturated heterocycles. The smallest absolute Gasteiger partial charge is 0.251 e. The van der Waals surface area contributed by atoms with E-state index in [-0.39, 0.29) is 5.91 Å². The molecule has 18 heavy (non-hydrogen) atoms. The highest BCUT2D eigenvalue weighted by molar-refractivity contribution is 5.96. The molecule has 0 aromatic heterocycles. The van der Waals surface area contributed by atoms with Gasteiger partial charge in [0.05, 0.1) is 0 Å². The number of hydrogen-bond acceptors (Lipinski definition) is 1. The van der Waals surface area contributed by atoms with Crippen LogP contribution in [-0.2, 0) is 6.42 Å². The minimum absolute atomic E-state index is 0.0454. The summed E-state index contributed by atoms with van der Waals surface area (Å²) < 4.78 is 0. The van der Waals surface area contributed by atoms with Crippen molar-refractivity contribution in [3.63, 3.8) is 0 Å². The second-order valence-corrected chi connectivity index (χ2v) is 4.68. The first kappa shape index (κ1) is 11.0. The van der Waals surface area contributed by atoms with Crippen molar-refractivity contribution in [3.8, 4) is 0 Å². The van der Waals surface area contributed by atoms with Crippen molar-refractivity contribution >= 4 is 5.91 Å². The second-order valence-electron chi connectivity index (χ2n) is 4.68. The van der Waals surface area contributed by atoms with Crippen LogP contribution in [0.3, 0.4) is 0 Å². The first-order chi connectivity index (χ1) is 8.84. The van der Waals surface area contributed by atoms with Crippen LogP contribution in [0.1, 0.15) is 27.4 Å². The molecule has 0 aliphatic carbocycles. The van der Waals surface area contributed by atoms with E-state index in [0.717, 1.165) is 17.5 Å². The van der Waals surface area contributed by atoms with Gasteiger partial charge in [0.1, 0.15) is 0 Å². The van der Waals surface area contributed by atoms with Crippen LogP contribution in [0, 0.1) is 0 Å². The highest BCUT2D eigenvalue weighted by Crippen LogP contribution is 2.24. The zero-order valence-corrected chi connectivity index (χ0v) is 10.1. The van der Waals surface area contributed by atoms with Gasteiger partial charge in [0, 0.05) is 18.0 Å². The Kier molecular flexibility index (Phi) is 2.85. The Morgan fingerprint density at radius 1 is 0.944 bits per heavy atom. The molecule has 0 fully saturated rings. The molecular weight excluding hydrogens is 222 g/mol. The molecule has 1 heterocycles. The fraction of sp³-hybridized carbons (Fsp3) is 0.188. The average Bonchev–Trinajstić information content (AvgIpc) is 2.60. The highest BCUT2D eigenvalue weighted by Gasteiger charge is 2.21. The molecule has 1 aliphatic rings. The largest absolute Gasteiger partial charge is 0.351 e. The number of nitrogens with one attached hydrogen (secondary N) is 1. The van der Waals surface area contributed by atoms with Crippen molar-refractivity contribution in [2.24, 2.45) is 0 Å². The van der Waals surface area contributed by atoms with Crippen LogP contribution in [0.5, 0.6) is 0 Å². The molecule has 2 heteroatoms. The van der Waals surface area contributed by atoms with Gasteiger partial charge in [0.15, 0.2) is 0 Å². The van der Waals surface area contributed by atoms with Gasteiger partial charge < -0.3 is 5.32 Å². The van der Waals surface area contributed by atoms with E-state index in [1.165, 1.54) is 5.56 Å². The Morgan fingerprint density at radius 2 is 1.67 bits per heavy atom. The van der Waals surface area contributed by atoms with Crippen LogP contribution in [0.25, 0.3) is 0 Å². The van der Waals surface area contributed by atoms with Crippen LogP contribution in [0.15, 0.2) is 54.6 Å². The quantitative estimate of drug-likeness (QED) is 0.811. The van der Waals surface area contributed by atoms with Crippen molar-refractivity contribution in [1.82, 2.24) is 5.32 Å². The van der Waals surface area contributed by atoms with Crippen LogP contribution in [0.2, 0.25) is 0 Å². The Hall–Kier alpha value is -2.09. The summed E-state index contributed by atoms with van der Waals surface area (Å²) in [5.74, 6) is 0.405. The fourth-order valence-corrected chi connectivity index (χ4v) is 2.53. The lowest BCUT2D eigenvalue weighted by atomic mass is 9.91. The second kappa shape index (κ2) is 4.65. The fourth-order valence-electron chi connectivity index (χ4n) is 2.53. The highest BCUT2D eigenvalue weighted by atomic mass is 16.1. The first-order valence-electron chi connectivity index (χ1n) is 6.25. The Labute approximate surface area is 107 Å². The molecule has 1 amide bonds. The lowest BCUT2D eigenvalue weighted by Crippen LogP contribution is -2.25. The minimum atomic E-state index is 0.0454. The lowest BCUT2D eigenvalue weighted by Gasteiger charge is -2.14. The lowest BCUT2D eigenvalue weighted by molar-refractivity contribution is 0.0954. The van der Waals surface area contributed by atoms with Gasteiger partial charge in [-0.2, -0.15) is 0 Å².